The minimum atomic E-state index is -0.0937. The number of hydrogen-bond donors (Lipinski definition) is 0. The molecule has 3 aromatic carbocycles. The largest absolute Gasteiger partial charge is 0.489 e. The molecule has 0 amide bonds. The van der Waals surface area contributed by atoms with E-state index in [0.29, 0.717) is 33.0 Å². The van der Waals surface area contributed by atoms with Crippen LogP contribution in [-0.4, -0.2) is 12.0 Å². The quantitative estimate of drug-likeness (QED) is 0.195. The number of nitrogens with zero attached hydrogens (tertiary/aromatic N) is 1. The van der Waals surface area contributed by atoms with Crippen LogP contribution in [0, 0.1) is 0 Å². The Morgan fingerprint density at radius 2 is 1.67 bits per heavy atom. The van der Waals surface area contributed by atoms with Crippen LogP contribution >= 0.6 is 34.8 Å². The Hall–Kier alpha value is -2.53. The summed E-state index contributed by atoms with van der Waals surface area (Å²) in [7, 11) is 0. The molecule has 0 aliphatic carbocycles. The molecule has 0 aliphatic rings. The number of halogens is 3. The summed E-state index contributed by atoms with van der Waals surface area (Å²) in [5.41, 5.74) is 2.27. The third-order valence-electron chi connectivity index (χ3n) is 4.14. The lowest BCUT2D eigenvalue weighted by Gasteiger charge is -2.09. The first-order valence-electron chi connectivity index (χ1n) is 9.09. The Balaban J connectivity index is 1.49. The van der Waals surface area contributed by atoms with Crippen molar-refractivity contribution in [3.63, 3.8) is 0 Å². The molecule has 3 rings (SSSR count). The molecule has 0 aromatic heterocycles. The molecule has 30 heavy (non-hydrogen) atoms. The summed E-state index contributed by atoms with van der Waals surface area (Å²) in [6.45, 7) is 0.575. The molecule has 0 aliphatic heterocycles. The Morgan fingerprint density at radius 1 is 0.900 bits per heavy atom. The van der Waals surface area contributed by atoms with E-state index < -0.39 is 0 Å². The zero-order valence-corrected chi connectivity index (χ0v) is 18.1. The molecule has 0 N–H and O–H groups in total. The zero-order chi connectivity index (χ0) is 21.3. The lowest BCUT2D eigenvalue weighted by Crippen LogP contribution is -2.02. The molecule has 4 nitrogen and oxygen atoms in total. The minimum absolute atomic E-state index is 0.0937. The highest BCUT2D eigenvalue weighted by molar-refractivity contribution is 6.35. The molecule has 0 heterocycles. The van der Waals surface area contributed by atoms with Gasteiger partial charge in [-0.3, -0.25) is 4.79 Å². The highest BCUT2D eigenvalue weighted by Crippen LogP contribution is 2.23. The van der Waals surface area contributed by atoms with Crippen molar-refractivity contribution in [3.05, 3.63) is 98.5 Å². The lowest BCUT2D eigenvalue weighted by molar-refractivity contribution is 0.0995. The molecule has 0 spiro atoms. The maximum atomic E-state index is 12.4. The molecule has 0 bridgehead atoms. The van der Waals surface area contributed by atoms with Crippen molar-refractivity contribution in [1.82, 2.24) is 0 Å². The number of Topliss-reactive ketones (excluding diaryl/α,β-unsaturated/α-hetero) is 1. The van der Waals surface area contributed by atoms with Gasteiger partial charge in [0.05, 0.1) is 6.21 Å². The average Bonchev–Trinajstić information content (AvgIpc) is 2.74. The van der Waals surface area contributed by atoms with Crippen LogP contribution in [0.4, 0.5) is 0 Å². The Kier molecular flexibility index (Phi) is 8.14. The van der Waals surface area contributed by atoms with E-state index in [0.717, 1.165) is 11.1 Å². The van der Waals surface area contributed by atoms with Gasteiger partial charge in [0.1, 0.15) is 19.0 Å². The fourth-order valence-electron chi connectivity index (χ4n) is 2.54. The van der Waals surface area contributed by atoms with Gasteiger partial charge in [0, 0.05) is 32.6 Å². The van der Waals surface area contributed by atoms with Crippen LogP contribution in [0.3, 0.4) is 0 Å². The molecule has 154 valence electrons. The van der Waals surface area contributed by atoms with Crippen molar-refractivity contribution in [2.45, 2.75) is 19.6 Å². The van der Waals surface area contributed by atoms with Crippen LogP contribution in [0.2, 0.25) is 15.1 Å². The molecule has 0 saturated carbocycles. The van der Waals surface area contributed by atoms with Gasteiger partial charge < -0.3 is 9.57 Å². The van der Waals surface area contributed by atoms with E-state index in [1.54, 1.807) is 54.6 Å². The second kappa shape index (κ2) is 11.0. The Labute approximate surface area is 190 Å². The minimum Gasteiger partial charge on any atom is -0.489 e. The van der Waals surface area contributed by atoms with Crippen LogP contribution < -0.4 is 4.74 Å². The highest BCUT2D eigenvalue weighted by atomic mass is 35.5. The molecular weight excluding hydrogens is 445 g/mol. The third-order valence-corrected chi connectivity index (χ3v) is 4.97. The molecular formula is C23H18Cl3NO3. The highest BCUT2D eigenvalue weighted by Gasteiger charge is 2.07. The third kappa shape index (κ3) is 6.77. The van der Waals surface area contributed by atoms with E-state index in [4.69, 9.17) is 44.4 Å². The summed E-state index contributed by atoms with van der Waals surface area (Å²) >= 11 is 17.9. The van der Waals surface area contributed by atoms with Crippen molar-refractivity contribution in [1.29, 1.82) is 0 Å². The van der Waals surface area contributed by atoms with E-state index in [1.165, 1.54) is 6.21 Å². The number of ether oxygens (including phenoxy) is 1. The van der Waals surface area contributed by atoms with Crippen molar-refractivity contribution in [2.24, 2.45) is 5.16 Å². The average molecular weight is 463 g/mol. The number of hydrogen-bond acceptors (Lipinski definition) is 4. The molecule has 0 saturated heterocycles. The number of rotatable bonds is 9. The summed E-state index contributed by atoms with van der Waals surface area (Å²) in [4.78, 5) is 17.6. The second-order valence-corrected chi connectivity index (χ2v) is 7.65. The van der Waals surface area contributed by atoms with Crippen molar-refractivity contribution in [2.75, 3.05) is 0 Å². The maximum absolute atomic E-state index is 12.4. The Morgan fingerprint density at radius 3 is 2.43 bits per heavy atom. The van der Waals surface area contributed by atoms with Gasteiger partial charge in [0.15, 0.2) is 5.78 Å². The smallest absolute Gasteiger partial charge is 0.168 e. The normalized spacial score (nSPS) is 10.9. The van der Waals surface area contributed by atoms with E-state index in [-0.39, 0.29) is 18.8 Å². The van der Waals surface area contributed by atoms with Crippen LogP contribution in [-0.2, 0) is 18.1 Å². The maximum Gasteiger partial charge on any atom is 0.168 e. The van der Waals surface area contributed by atoms with Crippen LogP contribution in [0.1, 0.15) is 27.9 Å². The van der Waals surface area contributed by atoms with Crippen LogP contribution in [0.5, 0.6) is 5.75 Å². The van der Waals surface area contributed by atoms with Gasteiger partial charge in [-0.05, 0) is 42.0 Å². The van der Waals surface area contributed by atoms with Gasteiger partial charge in [-0.2, -0.15) is 0 Å². The van der Waals surface area contributed by atoms with Crippen molar-refractivity contribution < 1.29 is 14.4 Å². The number of oxime groups is 1. The van der Waals surface area contributed by atoms with Crippen LogP contribution in [0.15, 0.2) is 71.9 Å². The molecule has 0 radical (unpaired) electrons. The second-order valence-electron chi connectivity index (χ2n) is 6.37. The number of carbonyl (C=O) groups is 1. The first-order valence-corrected chi connectivity index (χ1v) is 10.2. The summed E-state index contributed by atoms with van der Waals surface area (Å²) in [5.74, 6) is 0.478. The van der Waals surface area contributed by atoms with E-state index >= 15 is 0 Å². The molecule has 0 unspecified atom stereocenters. The number of benzene rings is 3. The van der Waals surface area contributed by atoms with Gasteiger partial charge >= 0.3 is 0 Å². The van der Waals surface area contributed by atoms with Gasteiger partial charge in [-0.25, -0.2) is 0 Å². The van der Waals surface area contributed by atoms with Crippen molar-refractivity contribution >= 4 is 46.8 Å². The molecule has 7 heteroatoms. The molecule has 0 atom stereocenters. The van der Waals surface area contributed by atoms with Crippen molar-refractivity contribution in [3.8, 4) is 5.75 Å². The lowest BCUT2D eigenvalue weighted by atomic mass is 10.1. The topological polar surface area (TPSA) is 47.9 Å². The summed E-state index contributed by atoms with van der Waals surface area (Å²) in [6.07, 6.45) is 1.56. The van der Waals surface area contributed by atoms with Gasteiger partial charge in [-0.1, -0.05) is 70.3 Å². The SMILES string of the molecule is O=C(CC=NOCc1ccc(Cl)cc1)c1cccc(OCc2ccc(Cl)cc2Cl)c1. The Bertz CT molecular complexity index is 1040. The first-order chi connectivity index (χ1) is 14.5. The van der Waals surface area contributed by atoms with E-state index in [2.05, 4.69) is 5.16 Å². The standard InChI is InChI=1S/C23H18Cl3NO3/c24-19-7-4-16(5-8-19)14-30-27-11-10-23(28)17-2-1-3-21(12-17)29-15-18-6-9-20(25)13-22(18)26/h1-9,11-13H,10,14-15H2. The number of carbonyl (C=O) groups excluding carboxylic acids is 1. The van der Waals surface area contributed by atoms with Gasteiger partial charge in [0.25, 0.3) is 0 Å². The van der Waals surface area contributed by atoms with E-state index in [9.17, 15) is 4.79 Å². The summed E-state index contributed by atoms with van der Waals surface area (Å²) in [6, 6.07) is 19.5. The van der Waals surface area contributed by atoms with Gasteiger partial charge in [0.2, 0.25) is 0 Å². The summed E-state index contributed by atoms with van der Waals surface area (Å²) in [5, 5.41) is 5.59. The van der Waals surface area contributed by atoms with Crippen LogP contribution in [0.25, 0.3) is 0 Å². The summed E-state index contributed by atoms with van der Waals surface area (Å²) < 4.78 is 5.76. The predicted molar refractivity (Wildman–Crippen MR) is 121 cm³/mol. The monoisotopic (exact) mass is 461 g/mol. The first kappa shape index (κ1) is 22.2. The van der Waals surface area contributed by atoms with Gasteiger partial charge in [-0.15, -0.1) is 0 Å². The van der Waals surface area contributed by atoms with E-state index in [1.807, 2.05) is 12.1 Å². The molecule has 3 aromatic rings. The fraction of sp³-hybridized carbons (Fsp3) is 0.130. The predicted octanol–water partition coefficient (Wildman–Crippen LogP) is 7.00. The molecule has 0 fully saturated rings. The fourth-order valence-corrected chi connectivity index (χ4v) is 3.13. The zero-order valence-electron chi connectivity index (χ0n) is 15.9. The number of ketones is 1.